The van der Waals surface area contributed by atoms with E-state index in [1.807, 2.05) is 6.07 Å². The second-order valence-corrected chi connectivity index (χ2v) is 8.76. The third kappa shape index (κ3) is 6.12. The molecule has 1 heterocycles. The fourth-order valence-corrected chi connectivity index (χ4v) is 4.56. The second kappa shape index (κ2) is 9.06. The van der Waals surface area contributed by atoms with Crippen LogP contribution in [0.1, 0.15) is 18.9 Å². The summed E-state index contributed by atoms with van der Waals surface area (Å²) in [5.41, 5.74) is 0.374. The lowest BCUT2D eigenvalue weighted by molar-refractivity contribution is -0.137. The molecule has 1 unspecified atom stereocenters. The van der Waals surface area contributed by atoms with E-state index >= 15 is 0 Å². The van der Waals surface area contributed by atoms with Gasteiger partial charge in [-0.3, -0.25) is 9.59 Å². The maximum Gasteiger partial charge on any atom is 0.260 e. The summed E-state index contributed by atoms with van der Waals surface area (Å²) in [6.07, 6.45) is 0.383. The number of halogens is 1. The van der Waals surface area contributed by atoms with E-state index in [0.717, 1.165) is 0 Å². The standard InChI is InChI=1S/C17H20ClN3O5S/c1-2-21(9-16(22)20-13-5-6-27(24,25)11-13)17(23)10-26-15-4-3-12(8-19)7-14(15)18/h3-4,7,13H,2,5-6,9-11H2,1H3,(H,20,22). The third-order valence-corrected chi connectivity index (χ3v) is 6.14. The molecule has 1 fully saturated rings. The van der Waals surface area contributed by atoms with E-state index in [9.17, 15) is 18.0 Å². The maximum atomic E-state index is 12.3. The number of nitrogens with zero attached hydrogens (tertiary/aromatic N) is 2. The fourth-order valence-electron chi connectivity index (χ4n) is 2.65. The number of hydrogen-bond donors (Lipinski definition) is 1. The highest BCUT2D eigenvalue weighted by Gasteiger charge is 2.29. The number of hydrogen-bond acceptors (Lipinski definition) is 6. The minimum atomic E-state index is -3.09. The third-order valence-electron chi connectivity index (χ3n) is 4.08. The Morgan fingerprint density at radius 3 is 2.74 bits per heavy atom. The fraction of sp³-hybridized carbons (Fsp3) is 0.471. The zero-order chi connectivity index (χ0) is 20.0. The van der Waals surface area contributed by atoms with Crippen LogP contribution in [-0.4, -0.2) is 62.4 Å². The Bertz CT molecular complexity index is 866. The minimum absolute atomic E-state index is 0.0631. The van der Waals surface area contributed by atoms with Gasteiger partial charge < -0.3 is 15.0 Å². The summed E-state index contributed by atoms with van der Waals surface area (Å²) >= 11 is 5.99. The van der Waals surface area contributed by atoms with Gasteiger partial charge in [-0.1, -0.05) is 11.6 Å². The Kier molecular flexibility index (Phi) is 7.05. The van der Waals surface area contributed by atoms with E-state index in [4.69, 9.17) is 21.6 Å². The molecular formula is C17H20ClN3O5S. The van der Waals surface area contributed by atoms with Gasteiger partial charge in [-0.25, -0.2) is 8.42 Å². The van der Waals surface area contributed by atoms with Crippen molar-refractivity contribution in [1.29, 1.82) is 5.26 Å². The van der Waals surface area contributed by atoms with Crippen molar-refractivity contribution >= 4 is 33.3 Å². The number of likely N-dealkylation sites (N-methyl/N-ethyl adjacent to an activating group) is 1. The molecule has 1 saturated heterocycles. The monoisotopic (exact) mass is 413 g/mol. The van der Waals surface area contributed by atoms with Gasteiger partial charge in [0.25, 0.3) is 5.91 Å². The van der Waals surface area contributed by atoms with Crippen molar-refractivity contribution in [2.45, 2.75) is 19.4 Å². The van der Waals surface area contributed by atoms with Crippen molar-refractivity contribution in [3.8, 4) is 11.8 Å². The van der Waals surface area contributed by atoms with Crippen molar-refractivity contribution < 1.29 is 22.7 Å². The average Bonchev–Trinajstić information content (AvgIpc) is 2.96. The van der Waals surface area contributed by atoms with Crippen LogP contribution in [0.4, 0.5) is 0 Å². The van der Waals surface area contributed by atoms with Crippen LogP contribution in [0.5, 0.6) is 5.75 Å². The zero-order valence-electron chi connectivity index (χ0n) is 14.8. The van der Waals surface area contributed by atoms with Gasteiger partial charge in [-0.05, 0) is 31.5 Å². The van der Waals surface area contributed by atoms with Gasteiger partial charge in [0.1, 0.15) is 5.75 Å². The van der Waals surface area contributed by atoms with Crippen LogP contribution in [0.15, 0.2) is 18.2 Å². The van der Waals surface area contributed by atoms with Gasteiger partial charge in [-0.15, -0.1) is 0 Å². The van der Waals surface area contributed by atoms with Gasteiger partial charge in [-0.2, -0.15) is 5.26 Å². The number of rotatable bonds is 7. The normalized spacial score (nSPS) is 17.7. The van der Waals surface area contributed by atoms with Crippen molar-refractivity contribution in [3.05, 3.63) is 28.8 Å². The predicted molar refractivity (Wildman–Crippen MR) is 99.1 cm³/mol. The van der Waals surface area contributed by atoms with Crippen molar-refractivity contribution in [1.82, 2.24) is 10.2 Å². The van der Waals surface area contributed by atoms with Gasteiger partial charge >= 0.3 is 0 Å². The van der Waals surface area contributed by atoms with E-state index in [-0.39, 0.29) is 35.4 Å². The highest BCUT2D eigenvalue weighted by molar-refractivity contribution is 7.91. The first-order valence-corrected chi connectivity index (χ1v) is 10.5. The molecule has 1 aliphatic rings. The summed E-state index contributed by atoms with van der Waals surface area (Å²) in [5.74, 6) is -0.566. The largest absolute Gasteiger partial charge is 0.482 e. The van der Waals surface area contributed by atoms with Crippen molar-refractivity contribution in [2.75, 3.05) is 31.2 Å². The Morgan fingerprint density at radius 1 is 1.44 bits per heavy atom. The minimum Gasteiger partial charge on any atom is -0.482 e. The van der Waals surface area contributed by atoms with E-state index in [1.54, 1.807) is 6.92 Å². The van der Waals surface area contributed by atoms with E-state index in [1.165, 1.54) is 23.1 Å². The number of carbonyl (C=O) groups excluding carboxylic acids is 2. The van der Waals surface area contributed by atoms with Crippen LogP contribution in [0.3, 0.4) is 0 Å². The summed E-state index contributed by atoms with van der Waals surface area (Å²) < 4.78 is 28.3. The Morgan fingerprint density at radius 2 is 2.19 bits per heavy atom. The number of nitriles is 1. The lowest BCUT2D eigenvalue weighted by Gasteiger charge is -2.21. The Hall–Kier alpha value is -2.31. The van der Waals surface area contributed by atoms with Crippen LogP contribution in [0.25, 0.3) is 0 Å². The number of amides is 2. The first-order valence-electron chi connectivity index (χ1n) is 8.34. The summed E-state index contributed by atoms with van der Waals surface area (Å²) in [6.45, 7) is 1.51. The number of nitrogens with one attached hydrogen (secondary N) is 1. The molecule has 1 aromatic rings. The number of benzene rings is 1. The molecule has 27 heavy (non-hydrogen) atoms. The van der Waals surface area contributed by atoms with Crippen LogP contribution in [-0.2, 0) is 19.4 Å². The molecule has 8 nitrogen and oxygen atoms in total. The van der Waals surface area contributed by atoms with Gasteiger partial charge in [0.15, 0.2) is 16.4 Å². The molecule has 2 amide bonds. The summed E-state index contributed by atoms with van der Waals surface area (Å²) in [7, 11) is -3.09. The molecule has 146 valence electrons. The van der Waals surface area contributed by atoms with Gasteiger partial charge in [0.05, 0.1) is 34.7 Å². The van der Waals surface area contributed by atoms with Crippen LogP contribution >= 0.6 is 11.6 Å². The molecule has 0 saturated carbocycles. The molecule has 0 bridgehead atoms. The molecule has 10 heteroatoms. The lowest BCUT2D eigenvalue weighted by Crippen LogP contribution is -2.45. The molecule has 0 aliphatic carbocycles. The van der Waals surface area contributed by atoms with Crippen LogP contribution < -0.4 is 10.1 Å². The lowest BCUT2D eigenvalue weighted by atomic mass is 10.2. The highest BCUT2D eigenvalue weighted by atomic mass is 35.5. The maximum absolute atomic E-state index is 12.3. The van der Waals surface area contributed by atoms with E-state index in [0.29, 0.717) is 18.5 Å². The first-order chi connectivity index (χ1) is 12.7. The highest BCUT2D eigenvalue weighted by Crippen LogP contribution is 2.25. The average molecular weight is 414 g/mol. The number of ether oxygens (including phenoxy) is 1. The molecule has 2 rings (SSSR count). The molecule has 0 aromatic heterocycles. The molecule has 0 spiro atoms. The molecular weight excluding hydrogens is 394 g/mol. The quantitative estimate of drug-likeness (QED) is 0.704. The van der Waals surface area contributed by atoms with Gasteiger partial charge in [0.2, 0.25) is 5.91 Å². The molecule has 0 radical (unpaired) electrons. The van der Waals surface area contributed by atoms with Gasteiger partial charge in [0, 0.05) is 12.6 Å². The van der Waals surface area contributed by atoms with E-state index < -0.39 is 27.7 Å². The van der Waals surface area contributed by atoms with Crippen molar-refractivity contribution in [2.24, 2.45) is 0 Å². The van der Waals surface area contributed by atoms with Crippen molar-refractivity contribution in [3.63, 3.8) is 0 Å². The second-order valence-electron chi connectivity index (χ2n) is 6.12. The molecule has 1 atom stereocenters. The Labute approximate surface area is 163 Å². The van der Waals surface area contributed by atoms with E-state index in [2.05, 4.69) is 5.32 Å². The predicted octanol–water partition coefficient (Wildman–Crippen LogP) is 0.742. The Balaban J connectivity index is 1.86. The summed E-state index contributed by atoms with van der Waals surface area (Å²) in [5, 5.41) is 11.7. The zero-order valence-corrected chi connectivity index (χ0v) is 16.3. The van der Waals surface area contributed by atoms with Crippen LogP contribution in [0.2, 0.25) is 5.02 Å². The summed E-state index contributed by atoms with van der Waals surface area (Å²) in [6, 6.07) is 5.98. The topological polar surface area (TPSA) is 117 Å². The molecule has 1 aliphatic heterocycles. The molecule has 1 N–H and O–H groups in total. The molecule has 1 aromatic carbocycles. The number of carbonyl (C=O) groups is 2. The number of sulfone groups is 1. The SMILES string of the molecule is CCN(CC(=O)NC1CCS(=O)(=O)C1)C(=O)COc1ccc(C#N)cc1Cl. The first kappa shape index (κ1) is 21.0. The summed E-state index contributed by atoms with van der Waals surface area (Å²) in [4.78, 5) is 25.7. The smallest absolute Gasteiger partial charge is 0.260 e. The van der Waals surface area contributed by atoms with Crippen LogP contribution in [0, 0.1) is 11.3 Å².